The lowest BCUT2D eigenvalue weighted by molar-refractivity contribution is 0.0559. The van der Waals surface area contributed by atoms with Crippen LogP contribution in [0, 0.1) is 23.7 Å². The zero-order valence-corrected chi connectivity index (χ0v) is 23.2. The van der Waals surface area contributed by atoms with Gasteiger partial charge in [-0.25, -0.2) is 8.42 Å². The summed E-state index contributed by atoms with van der Waals surface area (Å²) in [6, 6.07) is 9.48. The van der Waals surface area contributed by atoms with Crippen molar-refractivity contribution in [2.75, 3.05) is 26.7 Å². The highest BCUT2D eigenvalue weighted by Gasteiger charge is 2.38. The van der Waals surface area contributed by atoms with Crippen LogP contribution >= 0.6 is 0 Å². The molecule has 38 heavy (non-hydrogen) atoms. The van der Waals surface area contributed by atoms with Gasteiger partial charge in [0.05, 0.1) is 13.2 Å². The van der Waals surface area contributed by atoms with E-state index in [4.69, 9.17) is 4.74 Å². The summed E-state index contributed by atoms with van der Waals surface area (Å²) in [6.07, 6.45) is 6.84. The Bertz CT molecular complexity index is 1280. The number of benzene rings is 1. The largest absolute Gasteiger partial charge is 0.487 e. The fourth-order valence-electron chi connectivity index (χ4n) is 5.07. The van der Waals surface area contributed by atoms with Gasteiger partial charge in [0.15, 0.2) is 0 Å². The summed E-state index contributed by atoms with van der Waals surface area (Å²) < 4.78 is 35.0. The minimum atomic E-state index is -3.94. The highest BCUT2D eigenvalue weighted by atomic mass is 32.2. The van der Waals surface area contributed by atoms with Gasteiger partial charge in [0.1, 0.15) is 22.4 Å². The molecule has 1 aromatic heterocycles. The van der Waals surface area contributed by atoms with Crippen LogP contribution in [0.4, 0.5) is 0 Å². The number of rotatable bonds is 6. The predicted octanol–water partition coefficient (Wildman–Crippen LogP) is 3.55. The highest BCUT2D eigenvalue weighted by Crippen LogP contribution is 2.34. The summed E-state index contributed by atoms with van der Waals surface area (Å²) in [7, 11) is -2.26. The topological polar surface area (TPSA) is 100 Å². The maximum Gasteiger partial charge on any atom is 0.272 e. The maximum atomic E-state index is 13.7. The van der Waals surface area contributed by atoms with Crippen LogP contribution in [0.25, 0.3) is 0 Å². The summed E-state index contributed by atoms with van der Waals surface area (Å²) in [6.45, 7) is 3.64. The Morgan fingerprint density at radius 3 is 2.71 bits per heavy atom. The highest BCUT2D eigenvalue weighted by molar-refractivity contribution is 7.89. The molecule has 1 fully saturated rings. The molecule has 8 nitrogen and oxygen atoms in total. The number of pyridine rings is 1. The lowest BCUT2D eigenvalue weighted by Gasteiger charge is -2.37. The number of sulfonamides is 1. The molecule has 1 aliphatic heterocycles. The zero-order chi connectivity index (χ0) is 27.3. The number of carbonyl (C=O) groups excluding carboxylic acids is 1. The number of aliphatic hydroxyl groups excluding tert-OH is 1. The molecule has 2 aliphatic rings. The van der Waals surface area contributed by atoms with Crippen LogP contribution in [-0.4, -0.2) is 72.5 Å². The van der Waals surface area contributed by atoms with Crippen LogP contribution in [0.5, 0.6) is 5.75 Å². The van der Waals surface area contributed by atoms with Crippen molar-refractivity contribution in [2.45, 2.75) is 63.0 Å². The number of ether oxygens (including phenoxy) is 1. The van der Waals surface area contributed by atoms with Crippen molar-refractivity contribution in [1.29, 1.82) is 0 Å². The van der Waals surface area contributed by atoms with E-state index < -0.39 is 22.2 Å². The van der Waals surface area contributed by atoms with Crippen LogP contribution in [0.2, 0.25) is 0 Å². The van der Waals surface area contributed by atoms with Gasteiger partial charge in [-0.2, -0.15) is 4.31 Å². The fourth-order valence-corrected chi connectivity index (χ4v) is 6.90. The third kappa shape index (κ3) is 6.37. The van der Waals surface area contributed by atoms with Gasteiger partial charge in [-0.3, -0.25) is 9.78 Å². The molecule has 204 valence electrons. The summed E-state index contributed by atoms with van der Waals surface area (Å²) >= 11 is 0. The number of carbonyl (C=O) groups is 1. The van der Waals surface area contributed by atoms with Gasteiger partial charge in [-0.15, -0.1) is 0 Å². The van der Waals surface area contributed by atoms with Crippen LogP contribution in [0.1, 0.15) is 62.0 Å². The Morgan fingerprint density at radius 2 is 2.03 bits per heavy atom. The molecule has 0 unspecified atom stereocenters. The molecule has 2 aromatic rings. The molecule has 0 radical (unpaired) electrons. The van der Waals surface area contributed by atoms with Crippen LogP contribution < -0.4 is 4.74 Å². The number of nitrogens with zero attached hydrogens (tertiary/aromatic N) is 3. The molecular weight excluding hydrogens is 502 g/mol. The summed E-state index contributed by atoms with van der Waals surface area (Å²) in [5.41, 5.74) is 1.01. The van der Waals surface area contributed by atoms with Gasteiger partial charge in [0.25, 0.3) is 5.91 Å². The van der Waals surface area contributed by atoms with E-state index in [1.807, 2.05) is 6.92 Å². The van der Waals surface area contributed by atoms with Gasteiger partial charge >= 0.3 is 0 Å². The molecule has 1 saturated carbocycles. The Labute approximate surface area is 226 Å². The predicted molar refractivity (Wildman–Crippen MR) is 145 cm³/mol. The summed E-state index contributed by atoms with van der Waals surface area (Å²) in [5, 5.41) is 9.84. The third-order valence-electron chi connectivity index (χ3n) is 7.45. The molecular formula is C29H37N3O5S. The minimum Gasteiger partial charge on any atom is -0.487 e. The number of likely N-dealkylation sites (N-methyl/N-ethyl adjacent to an activating group) is 1. The smallest absolute Gasteiger partial charge is 0.272 e. The third-order valence-corrected chi connectivity index (χ3v) is 9.47. The Hall–Kier alpha value is -2.93. The number of hydrogen-bond acceptors (Lipinski definition) is 6. The van der Waals surface area contributed by atoms with Gasteiger partial charge in [-0.1, -0.05) is 37.7 Å². The second-order valence-electron chi connectivity index (χ2n) is 10.5. The first-order valence-electron chi connectivity index (χ1n) is 13.3. The second-order valence-corrected chi connectivity index (χ2v) is 12.3. The van der Waals surface area contributed by atoms with E-state index in [0.29, 0.717) is 17.2 Å². The molecule has 2 heterocycles. The first-order chi connectivity index (χ1) is 18.2. The molecule has 3 atom stereocenters. The zero-order valence-electron chi connectivity index (χ0n) is 22.3. The van der Waals surface area contributed by atoms with Crippen molar-refractivity contribution in [3.05, 3.63) is 53.9 Å². The SMILES string of the molecule is C[C@H]1CN([C@@H](C)CO)S(=O)(=O)c2ccc(C#CCC3CCCC3)cc2O[C@H]1CN(C)C(=O)c1ccccn1. The molecule has 4 rings (SSSR count). The van der Waals surface area contributed by atoms with Gasteiger partial charge in [-0.05, 0) is 56.0 Å². The standard InChI is InChI=1S/C29H37N3O5S/c1-21-18-32(22(2)20-33)38(35,36)28-15-14-24(12-8-11-23-9-4-5-10-23)17-26(28)37-27(21)19-31(3)29(34)25-13-6-7-16-30-25/h6-7,13-17,21-23,27,33H,4-5,9-11,18-20H2,1-3H3/t21-,22-,27-/m0/s1. The van der Waals surface area contributed by atoms with E-state index >= 15 is 0 Å². The number of aromatic nitrogens is 1. The number of aliphatic hydroxyl groups is 1. The number of hydrogen-bond donors (Lipinski definition) is 1. The monoisotopic (exact) mass is 539 g/mol. The van der Waals surface area contributed by atoms with E-state index in [9.17, 15) is 18.3 Å². The fraction of sp³-hybridized carbons (Fsp3) is 0.517. The van der Waals surface area contributed by atoms with E-state index in [1.54, 1.807) is 55.4 Å². The van der Waals surface area contributed by atoms with Crippen LogP contribution in [-0.2, 0) is 10.0 Å². The maximum absolute atomic E-state index is 13.7. The average Bonchev–Trinajstić information content (AvgIpc) is 3.43. The van der Waals surface area contributed by atoms with E-state index in [1.165, 1.54) is 36.1 Å². The number of amides is 1. The van der Waals surface area contributed by atoms with Gasteiger partial charge < -0.3 is 14.7 Å². The molecule has 1 amide bonds. The molecule has 9 heteroatoms. The number of fused-ring (bicyclic) bond motifs is 1. The Balaban J connectivity index is 1.66. The van der Waals surface area contributed by atoms with Crippen molar-refractivity contribution in [2.24, 2.45) is 11.8 Å². The minimum absolute atomic E-state index is 0.0368. The normalized spacial score (nSPS) is 22.2. The van der Waals surface area contributed by atoms with Crippen LogP contribution in [0.15, 0.2) is 47.5 Å². The van der Waals surface area contributed by atoms with E-state index in [2.05, 4.69) is 16.8 Å². The molecule has 0 bridgehead atoms. The summed E-state index contributed by atoms with van der Waals surface area (Å²) in [5.74, 6) is 6.77. The average molecular weight is 540 g/mol. The quantitative estimate of drug-likeness (QED) is 0.564. The Morgan fingerprint density at radius 1 is 1.26 bits per heavy atom. The Kier molecular flexibility index (Phi) is 9.08. The van der Waals surface area contributed by atoms with Gasteiger partial charge in [0.2, 0.25) is 10.0 Å². The van der Waals surface area contributed by atoms with E-state index in [-0.39, 0.29) is 42.2 Å². The van der Waals surface area contributed by atoms with Crippen LogP contribution in [0.3, 0.4) is 0 Å². The first-order valence-corrected chi connectivity index (χ1v) is 14.7. The van der Waals surface area contributed by atoms with Crippen molar-refractivity contribution < 1.29 is 23.1 Å². The molecule has 1 N–H and O–H groups in total. The molecule has 0 saturated heterocycles. The summed E-state index contributed by atoms with van der Waals surface area (Å²) in [4.78, 5) is 18.7. The van der Waals surface area contributed by atoms with Crippen molar-refractivity contribution in [1.82, 2.24) is 14.2 Å². The lowest BCUT2D eigenvalue weighted by atomic mass is 10.0. The molecule has 1 aromatic carbocycles. The second kappa shape index (κ2) is 12.3. The molecule has 1 aliphatic carbocycles. The lowest BCUT2D eigenvalue weighted by Crippen LogP contribution is -2.50. The first kappa shape index (κ1) is 28.1. The van der Waals surface area contributed by atoms with Crippen molar-refractivity contribution in [3.8, 4) is 17.6 Å². The van der Waals surface area contributed by atoms with Crippen molar-refractivity contribution >= 4 is 15.9 Å². The molecule has 0 spiro atoms. The van der Waals surface area contributed by atoms with Gasteiger partial charge in [0, 0.05) is 43.7 Å². The van der Waals surface area contributed by atoms with E-state index in [0.717, 1.165) is 6.42 Å². The van der Waals surface area contributed by atoms with Crippen molar-refractivity contribution in [3.63, 3.8) is 0 Å².